The van der Waals surface area contributed by atoms with Gasteiger partial charge in [-0.1, -0.05) is 42.5 Å². The van der Waals surface area contributed by atoms with Crippen molar-refractivity contribution in [2.24, 2.45) is 0 Å². The number of Topliss-reactive ketones (excluding diaryl/α,β-unsaturated/α-hetero) is 1. The summed E-state index contributed by atoms with van der Waals surface area (Å²) < 4.78 is 10.6. The minimum absolute atomic E-state index is 0.101. The first-order valence-electron chi connectivity index (χ1n) is 7.20. The maximum atomic E-state index is 12.5. The molecule has 1 aliphatic rings. The van der Waals surface area contributed by atoms with Crippen LogP contribution in [0.15, 0.2) is 60.7 Å². The first-order valence-corrected chi connectivity index (χ1v) is 7.20. The zero-order chi connectivity index (χ0) is 14.9. The second-order valence-corrected chi connectivity index (χ2v) is 5.35. The first-order chi connectivity index (χ1) is 10.8. The van der Waals surface area contributed by atoms with E-state index in [4.69, 9.17) is 9.47 Å². The summed E-state index contributed by atoms with van der Waals surface area (Å²) in [4.78, 5) is 12.5. The Labute approximate surface area is 128 Å². The number of hydrogen-bond acceptors (Lipinski definition) is 3. The molecule has 0 N–H and O–H groups in total. The first kappa shape index (κ1) is 12.9. The number of fused-ring (bicyclic) bond motifs is 2. The summed E-state index contributed by atoms with van der Waals surface area (Å²) >= 11 is 0. The fourth-order valence-electron chi connectivity index (χ4n) is 2.70. The van der Waals surface area contributed by atoms with Gasteiger partial charge >= 0.3 is 0 Å². The van der Waals surface area contributed by atoms with Crippen LogP contribution >= 0.6 is 0 Å². The molecule has 3 heteroatoms. The van der Waals surface area contributed by atoms with Gasteiger partial charge in [-0.3, -0.25) is 4.79 Å². The summed E-state index contributed by atoms with van der Waals surface area (Å²) in [5.41, 5.74) is 1.67. The molecule has 0 aliphatic carbocycles. The highest BCUT2D eigenvalue weighted by molar-refractivity contribution is 6.01. The molecule has 1 aliphatic heterocycles. The van der Waals surface area contributed by atoms with E-state index in [2.05, 4.69) is 0 Å². The third kappa shape index (κ3) is 2.31. The normalized spacial score (nSPS) is 12.5. The van der Waals surface area contributed by atoms with E-state index in [-0.39, 0.29) is 12.6 Å². The molecule has 0 radical (unpaired) electrons. The summed E-state index contributed by atoms with van der Waals surface area (Å²) in [5.74, 6) is 1.55. The zero-order valence-electron chi connectivity index (χ0n) is 11.9. The molecule has 4 rings (SSSR count). The standard InChI is InChI=1S/C19H14O3/c20-17(9-13-5-8-18-19(10-13)22-12-21-18)16-7-6-14-3-1-2-4-15(14)11-16/h1-8,10-11H,9,12H2. The molecule has 0 saturated carbocycles. The lowest BCUT2D eigenvalue weighted by atomic mass is 10.00. The molecule has 0 aromatic heterocycles. The minimum atomic E-state index is 0.101. The van der Waals surface area contributed by atoms with Crippen LogP contribution in [0.25, 0.3) is 10.8 Å². The monoisotopic (exact) mass is 290 g/mol. The summed E-state index contributed by atoms with van der Waals surface area (Å²) in [7, 11) is 0. The number of rotatable bonds is 3. The van der Waals surface area contributed by atoms with Crippen LogP contribution in [-0.4, -0.2) is 12.6 Å². The van der Waals surface area contributed by atoms with E-state index in [0.717, 1.165) is 27.6 Å². The molecular weight excluding hydrogens is 276 g/mol. The number of benzene rings is 3. The van der Waals surface area contributed by atoms with Crippen LogP contribution in [0, 0.1) is 0 Å². The van der Waals surface area contributed by atoms with Gasteiger partial charge in [-0.2, -0.15) is 0 Å². The Morgan fingerprint density at radius 2 is 1.68 bits per heavy atom. The van der Waals surface area contributed by atoms with Crippen LogP contribution < -0.4 is 9.47 Å². The van der Waals surface area contributed by atoms with Gasteiger partial charge in [0.15, 0.2) is 17.3 Å². The molecule has 0 spiro atoms. The van der Waals surface area contributed by atoms with E-state index in [0.29, 0.717) is 12.2 Å². The molecule has 0 fully saturated rings. The third-order valence-corrected chi connectivity index (χ3v) is 3.87. The number of carbonyl (C=O) groups is 1. The van der Waals surface area contributed by atoms with Crippen LogP contribution in [0.2, 0.25) is 0 Å². The second kappa shape index (κ2) is 5.19. The molecular formula is C19H14O3. The molecule has 22 heavy (non-hydrogen) atoms. The van der Waals surface area contributed by atoms with Crippen LogP contribution in [0.4, 0.5) is 0 Å². The fourth-order valence-corrected chi connectivity index (χ4v) is 2.70. The molecule has 0 saturated heterocycles. The Morgan fingerprint density at radius 3 is 2.59 bits per heavy atom. The van der Waals surface area contributed by atoms with Gasteiger partial charge in [-0.25, -0.2) is 0 Å². The van der Waals surface area contributed by atoms with Gasteiger partial charge in [0.05, 0.1) is 0 Å². The van der Waals surface area contributed by atoms with Crippen LogP contribution in [-0.2, 0) is 6.42 Å². The molecule has 0 atom stereocenters. The van der Waals surface area contributed by atoms with Gasteiger partial charge in [-0.15, -0.1) is 0 Å². The van der Waals surface area contributed by atoms with Crippen molar-refractivity contribution >= 4 is 16.6 Å². The topological polar surface area (TPSA) is 35.5 Å². The van der Waals surface area contributed by atoms with Gasteiger partial charge in [-0.05, 0) is 34.5 Å². The summed E-state index contributed by atoms with van der Waals surface area (Å²) in [6, 6.07) is 19.5. The van der Waals surface area contributed by atoms with Gasteiger partial charge < -0.3 is 9.47 Å². The quantitative estimate of drug-likeness (QED) is 0.684. The van der Waals surface area contributed by atoms with Crippen molar-refractivity contribution in [3.8, 4) is 11.5 Å². The van der Waals surface area contributed by atoms with E-state index in [1.807, 2.05) is 60.7 Å². The summed E-state index contributed by atoms with van der Waals surface area (Å²) in [5, 5.41) is 2.22. The van der Waals surface area contributed by atoms with E-state index in [1.165, 1.54) is 0 Å². The lowest BCUT2D eigenvalue weighted by molar-refractivity contribution is 0.0993. The van der Waals surface area contributed by atoms with Crippen LogP contribution in [0.5, 0.6) is 11.5 Å². The molecule has 3 aromatic rings. The highest BCUT2D eigenvalue weighted by Crippen LogP contribution is 2.32. The predicted molar refractivity (Wildman–Crippen MR) is 84.5 cm³/mol. The van der Waals surface area contributed by atoms with Gasteiger partial charge in [0.25, 0.3) is 0 Å². The molecule has 0 amide bonds. The van der Waals surface area contributed by atoms with Crippen molar-refractivity contribution in [3.05, 3.63) is 71.8 Å². The predicted octanol–water partition coefficient (Wildman–Crippen LogP) is 3.99. The van der Waals surface area contributed by atoms with Gasteiger partial charge in [0.1, 0.15) is 0 Å². The Morgan fingerprint density at radius 1 is 0.864 bits per heavy atom. The SMILES string of the molecule is O=C(Cc1ccc2c(c1)OCO2)c1ccc2ccccc2c1. The average Bonchev–Trinajstić information content (AvgIpc) is 3.02. The Bertz CT molecular complexity index is 867. The largest absolute Gasteiger partial charge is 0.454 e. The fraction of sp³-hybridized carbons (Fsp3) is 0.105. The van der Waals surface area contributed by atoms with Gasteiger partial charge in [0, 0.05) is 12.0 Å². The van der Waals surface area contributed by atoms with Crippen molar-refractivity contribution in [1.82, 2.24) is 0 Å². The molecule has 1 heterocycles. The maximum Gasteiger partial charge on any atom is 0.231 e. The molecule has 3 aromatic carbocycles. The van der Waals surface area contributed by atoms with Crippen molar-refractivity contribution in [2.75, 3.05) is 6.79 Å². The Kier molecular flexibility index (Phi) is 3.04. The highest BCUT2D eigenvalue weighted by Gasteiger charge is 2.15. The molecule has 0 bridgehead atoms. The number of ketones is 1. The molecule has 108 valence electrons. The summed E-state index contributed by atoms with van der Waals surface area (Å²) in [6.07, 6.45) is 0.356. The summed E-state index contributed by atoms with van der Waals surface area (Å²) in [6.45, 7) is 0.247. The average molecular weight is 290 g/mol. The van der Waals surface area contributed by atoms with E-state index >= 15 is 0 Å². The lowest BCUT2D eigenvalue weighted by Crippen LogP contribution is -2.03. The second-order valence-electron chi connectivity index (χ2n) is 5.35. The highest BCUT2D eigenvalue weighted by atomic mass is 16.7. The Balaban J connectivity index is 1.60. The van der Waals surface area contributed by atoms with Crippen molar-refractivity contribution in [2.45, 2.75) is 6.42 Å². The van der Waals surface area contributed by atoms with Crippen molar-refractivity contribution < 1.29 is 14.3 Å². The molecule has 0 unspecified atom stereocenters. The van der Waals surface area contributed by atoms with Gasteiger partial charge in [0.2, 0.25) is 6.79 Å². The molecule has 3 nitrogen and oxygen atoms in total. The van der Waals surface area contributed by atoms with Crippen LogP contribution in [0.1, 0.15) is 15.9 Å². The van der Waals surface area contributed by atoms with Crippen molar-refractivity contribution in [1.29, 1.82) is 0 Å². The minimum Gasteiger partial charge on any atom is -0.454 e. The van der Waals surface area contributed by atoms with Crippen molar-refractivity contribution in [3.63, 3.8) is 0 Å². The number of carbonyl (C=O) groups excluding carboxylic acids is 1. The number of ether oxygens (including phenoxy) is 2. The smallest absolute Gasteiger partial charge is 0.231 e. The van der Waals surface area contributed by atoms with E-state index < -0.39 is 0 Å². The maximum absolute atomic E-state index is 12.5. The third-order valence-electron chi connectivity index (χ3n) is 3.87. The Hall–Kier alpha value is -2.81. The van der Waals surface area contributed by atoms with Crippen LogP contribution in [0.3, 0.4) is 0 Å². The zero-order valence-corrected chi connectivity index (χ0v) is 11.9. The van der Waals surface area contributed by atoms with E-state index in [9.17, 15) is 4.79 Å². The number of hydrogen-bond donors (Lipinski definition) is 0. The lowest BCUT2D eigenvalue weighted by Gasteiger charge is -2.05. The van der Waals surface area contributed by atoms with E-state index in [1.54, 1.807) is 0 Å².